The van der Waals surface area contributed by atoms with E-state index in [0.717, 1.165) is 11.7 Å². The monoisotopic (exact) mass is 189 g/mol. The highest BCUT2D eigenvalue weighted by molar-refractivity contribution is 5.40. The smallest absolute Gasteiger partial charge is 0.119 e. The van der Waals surface area contributed by atoms with E-state index in [1.165, 1.54) is 30.5 Å². The van der Waals surface area contributed by atoms with Crippen LogP contribution in [0.4, 0.5) is 0 Å². The van der Waals surface area contributed by atoms with Crippen LogP contribution >= 0.6 is 0 Å². The van der Waals surface area contributed by atoms with Crippen molar-refractivity contribution in [2.24, 2.45) is 5.92 Å². The molecule has 74 valence electrons. The van der Waals surface area contributed by atoms with Crippen molar-refractivity contribution in [1.82, 2.24) is 5.32 Å². The zero-order chi connectivity index (χ0) is 9.54. The minimum absolute atomic E-state index is 0.605. The lowest BCUT2D eigenvalue weighted by Gasteiger charge is -2.43. The lowest BCUT2D eigenvalue weighted by atomic mass is 9.75. The average Bonchev–Trinajstić information content (AvgIpc) is 2.17. The molecule has 2 atom stereocenters. The molecule has 2 nitrogen and oxygen atoms in total. The average molecular weight is 189 g/mol. The quantitative estimate of drug-likeness (QED) is 0.728. The molecular weight excluding hydrogens is 174 g/mol. The second-order valence-corrected chi connectivity index (χ2v) is 4.25. The zero-order valence-corrected chi connectivity index (χ0v) is 8.42. The summed E-state index contributed by atoms with van der Waals surface area (Å²) < 4.78 is 5.26. The van der Waals surface area contributed by atoms with Gasteiger partial charge in [-0.25, -0.2) is 0 Å². The van der Waals surface area contributed by atoms with Crippen molar-refractivity contribution in [2.45, 2.75) is 18.9 Å². The van der Waals surface area contributed by atoms with Crippen LogP contribution in [-0.2, 0) is 6.42 Å². The molecule has 3 rings (SSSR count). The van der Waals surface area contributed by atoms with E-state index in [9.17, 15) is 0 Å². The molecule has 2 heteroatoms. The number of hydrogen-bond acceptors (Lipinski definition) is 2. The Bertz CT molecular complexity index is 361. The molecule has 2 unspecified atom stereocenters. The summed E-state index contributed by atoms with van der Waals surface area (Å²) in [6.45, 7) is 1.20. The molecular formula is C12H15NO. The lowest BCUT2D eigenvalue weighted by molar-refractivity contribution is 0.206. The van der Waals surface area contributed by atoms with Gasteiger partial charge in [-0.15, -0.1) is 0 Å². The van der Waals surface area contributed by atoms with Crippen LogP contribution in [0.15, 0.2) is 18.2 Å². The highest BCUT2D eigenvalue weighted by atomic mass is 16.5. The van der Waals surface area contributed by atoms with Crippen molar-refractivity contribution in [3.63, 3.8) is 0 Å². The van der Waals surface area contributed by atoms with Crippen LogP contribution in [0, 0.1) is 5.92 Å². The van der Waals surface area contributed by atoms with Gasteiger partial charge in [0.1, 0.15) is 5.75 Å². The second kappa shape index (κ2) is 2.99. The van der Waals surface area contributed by atoms with E-state index in [-0.39, 0.29) is 0 Å². The van der Waals surface area contributed by atoms with Crippen LogP contribution in [0.2, 0.25) is 0 Å². The Morgan fingerprint density at radius 1 is 1.43 bits per heavy atom. The van der Waals surface area contributed by atoms with Crippen molar-refractivity contribution in [1.29, 1.82) is 0 Å². The van der Waals surface area contributed by atoms with E-state index in [2.05, 4.69) is 23.5 Å². The first-order valence-electron chi connectivity index (χ1n) is 5.28. The topological polar surface area (TPSA) is 21.3 Å². The molecule has 1 heterocycles. The van der Waals surface area contributed by atoms with Gasteiger partial charge < -0.3 is 10.1 Å². The van der Waals surface area contributed by atoms with Gasteiger partial charge in [0.25, 0.3) is 0 Å². The molecule has 0 bridgehead atoms. The predicted molar refractivity (Wildman–Crippen MR) is 55.5 cm³/mol. The first-order valence-corrected chi connectivity index (χ1v) is 5.28. The molecule has 0 aromatic heterocycles. The van der Waals surface area contributed by atoms with Gasteiger partial charge in [0, 0.05) is 12.6 Å². The van der Waals surface area contributed by atoms with Crippen molar-refractivity contribution in [3.05, 3.63) is 29.3 Å². The fourth-order valence-corrected chi connectivity index (χ4v) is 2.59. The number of benzene rings is 1. The Kier molecular flexibility index (Phi) is 1.77. The molecule has 0 radical (unpaired) electrons. The SMILES string of the molecule is COc1ccc2c(c1)C1NCC1CC2. The van der Waals surface area contributed by atoms with Crippen LogP contribution in [0.3, 0.4) is 0 Å². The molecule has 1 aromatic carbocycles. The van der Waals surface area contributed by atoms with E-state index in [1.54, 1.807) is 7.11 Å². The molecule has 2 aliphatic rings. The first kappa shape index (κ1) is 8.30. The summed E-state index contributed by atoms with van der Waals surface area (Å²) in [7, 11) is 1.73. The summed E-state index contributed by atoms with van der Waals surface area (Å²) in [5, 5.41) is 3.50. The Morgan fingerprint density at radius 3 is 3.07 bits per heavy atom. The summed E-state index contributed by atoms with van der Waals surface area (Å²) in [6, 6.07) is 7.08. The summed E-state index contributed by atoms with van der Waals surface area (Å²) in [4.78, 5) is 0. The molecule has 1 saturated heterocycles. The fraction of sp³-hybridized carbons (Fsp3) is 0.500. The van der Waals surface area contributed by atoms with E-state index < -0.39 is 0 Å². The van der Waals surface area contributed by atoms with Crippen LogP contribution in [0.5, 0.6) is 5.75 Å². The molecule has 1 N–H and O–H groups in total. The normalized spacial score (nSPS) is 28.6. The van der Waals surface area contributed by atoms with Crippen molar-refractivity contribution < 1.29 is 4.74 Å². The third kappa shape index (κ3) is 1.07. The van der Waals surface area contributed by atoms with Crippen LogP contribution in [0.25, 0.3) is 0 Å². The van der Waals surface area contributed by atoms with Gasteiger partial charge in [-0.2, -0.15) is 0 Å². The van der Waals surface area contributed by atoms with E-state index in [4.69, 9.17) is 4.74 Å². The molecule has 0 amide bonds. The van der Waals surface area contributed by atoms with Crippen LogP contribution in [0.1, 0.15) is 23.6 Å². The first-order chi connectivity index (χ1) is 6.88. The third-order valence-corrected chi connectivity index (χ3v) is 3.54. The maximum absolute atomic E-state index is 5.26. The molecule has 0 spiro atoms. The Hall–Kier alpha value is -1.02. The predicted octanol–water partition coefficient (Wildman–Crippen LogP) is 1.90. The van der Waals surface area contributed by atoms with Crippen LogP contribution < -0.4 is 10.1 Å². The van der Waals surface area contributed by atoms with E-state index >= 15 is 0 Å². The van der Waals surface area contributed by atoms with Gasteiger partial charge in [0.2, 0.25) is 0 Å². The van der Waals surface area contributed by atoms with Gasteiger partial charge >= 0.3 is 0 Å². The standard InChI is InChI=1S/C12H15NO/c1-14-10-5-4-8-2-3-9-7-13-12(9)11(8)6-10/h4-6,9,12-13H,2-3,7H2,1H3. The summed E-state index contributed by atoms with van der Waals surface area (Å²) >= 11 is 0. The number of fused-ring (bicyclic) bond motifs is 3. The maximum Gasteiger partial charge on any atom is 0.119 e. The summed E-state index contributed by atoms with van der Waals surface area (Å²) in [5.41, 5.74) is 2.96. The zero-order valence-electron chi connectivity index (χ0n) is 8.42. The fourth-order valence-electron chi connectivity index (χ4n) is 2.59. The number of nitrogens with one attached hydrogen (secondary N) is 1. The Morgan fingerprint density at radius 2 is 2.36 bits per heavy atom. The molecule has 14 heavy (non-hydrogen) atoms. The third-order valence-electron chi connectivity index (χ3n) is 3.54. The van der Waals surface area contributed by atoms with Crippen LogP contribution in [-0.4, -0.2) is 13.7 Å². The lowest BCUT2D eigenvalue weighted by Crippen LogP contribution is -2.48. The molecule has 1 aliphatic carbocycles. The minimum Gasteiger partial charge on any atom is -0.497 e. The highest BCUT2D eigenvalue weighted by Gasteiger charge is 2.35. The highest BCUT2D eigenvalue weighted by Crippen LogP contribution is 2.40. The summed E-state index contributed by atoms with van der Waals surface area (Å²) in [5.74, 6) is 1.85. The number of aryl methyl sites for hydroxylation is 1. The molecule has 1 aliphatic heterocycles. The Balaban J connectivity index is 2.03. The van der Waals surface area contributed by atoms with Gasteiger partial charge in [-0.3, -0.25) is 0 Å². The van der Waals surface area contributed by atoms with Gasteiger partial charge in [0.05, 0.1) is 7.11 Å². The summed E-state index contributed by atoms with van der Waals surface area (Å²) in [6.07, 6.45) is 2.58. The molecule has 1 fully saturated rings. The van der Waals surface area contributed by atoms with Gasteiger partial charge in [-0.05, 0) is 42.0 Å². The van der Waals surface area contributed by atoms with Crippen molar-refractivity contribution in [2.75, 3.05) is 13.7 Å². The molecule has 1 aromatic rings. The van der Waals surface area contributed by atoms with E-state index in [0.29, 0.717) is 6.04 Å². The van der Waals surface area contributed by atoms with Crippen molar-refractivity contribution >= 4 is 0 Å². The minimum atomic E-state index is 0.605. The van der Waals surface area contributed by atoms with Crippen molar-refractivity contribution in [3.8, 4) is 5.75 Å². The van der Waals surface area contributed by atoms with E-state index in [1.807, 2.05) is 0 Å². The maximum atomic E-state index is 5.26. The van der Waals surface area contributed by atoms with Gasteiger partial charge in [0.15, 0.2) is 0 Å². The largest absolute Gasteiger partial charge is 0.497 e. The number of hydrogen-bond donors (Lipinski definition) is 1. The Labute approximate surface area is 84.3 Å². The number of methoxy groups -OCH3 is 1. The number of rotatable bonds is 1. The second-order valence-electron chi connectivity index (χ2n) is 4.25. The molecule has 0 saturated carbocycles. The number of ether oxygens (including phenoxy) is 1. The van der Waals surface area contributed by atoms with Gasteiger partial charge in [-0.1, -0.05) is 6.07 Å².